The van der Waals surface area contributed by atoms with Crippen LogP contribution in [0.1, 0.15) is 12.8 Å². The molecule has 1 heterocycles. The molecule has 14 heavy (non-hydrogen) atoms. The van der Waals surface area contributed by atoms with Crippen LogP contribution in [0.25, 0.3) is 0 Å². The van der Waals surface area contributed by atoms with Gasteiger partial charge in [-0.3, -0.25) is 0 Å². The van der Waals surface area contributed by atoms with Crippen LogP contribution in [-0.4, -0.2) is 40.6 Å². The van der Waals surface area contributed by atoms with Gasteiger partial charge >= 0.3 is 0 Å². The molecule has 0 radical (unpaired) electrons. The Kier molecular flexibility index (Phi) is 4.63. The zero-order valence-corrected chi connectivity index (χ0v) is 9.68. The molecule has 0 spiro atoms. The van der Waals surface area contributed by atoms with Crippen LogP contribution in [0.2, 0.25) is 0 Å². The van der Waals surface area contributed by atoms with Crippen molar-refractivity contribution in [3.8, 4) is 0 Å². The summed E-state index contributed by atoms with van der Waals surface area (Å²) in [6, 6.07) is 0. The summed E-state index contributed by atoms with van der Waals surface area (Å²) in [6.07, 6.45) is 1.54. The molecule has 0 aromatic rings. The molecule has 2 unspecified atom stereocenters. The zero-order chi connectivity index (χ0) is 10.6. The molecule has 0 aromatic carbocycles. The second kappa shape index (κ2) is 5.30. The van der Waals surface area contributed by atoms with Gasteiger partial charge < -0.3 is 9.47 Å². The van der Waals surface area contributed by atoms with Crippen molar-refractivity contribution in [2.45, 2.75) is 18.9 Å². The highest BCUT2D eigenvalue weighted by Crippen LogP contribution is 2.21. The Morgan fingerprint density at radius 1 is 1.64 bits per heavy atom. The summed E-state index contributed by atoms with van der Waals surface area (Å²) in [4.78, 5) is 0. The third-order valence-corrected chi connectivity index (χ3v) is 3.49. The summed E-state index contributed by atoms with van der Waals surface area (Å²) in [5.74, 6) is 0.00120. The first-order valence-corrected chi connectivity index (χ1v) is 7.03. The molecule has 0 N–H and O–H groups in total. The molecule has 4 nitrogen and oxygen atoms in total. The SMILES string of the molecule is COC(CS(=O)(=O)Cl)C1CCCOC1. The molecule has 0 saturated carbocycles. The number of halogens is 1. The first-order chi connectivity index (χ1) is 6.53. The standard InChI is InChI=1S/C8H15ClO4S/c1-12-8(6-14(9,10)11)7-3-2-4-13-5-7/h7-8H,2-6H2,1H3. The van der Waals surface area contributed by atoms with Gasteiger partial charge in [-0.15, -0.1) is 0 Å². The van der Waals surface area contributed by atoms with Gasteiger partial charge in [0.05, 0.1) is 18.5 Å². The van der Waals surface area contributed by atoms with E-state index in [1.54, 1.807) is 0 Å². The van der Waals surface area contributed by atoms with Crippen molar-refractivity contribution in [2.75, 3.05) is 26.1 Å². The predicted octanol–water partition coefficient (Wildman–Crippen LogP) is 0.997. The predicted molar refractivity (Wildman–Crippen MR) is 54.0 cm³/mol. The lowest BCUT2D eigenvalue weighted by Gasteiger charge is -2.28. The average Bonchev–Trinajstić information content (AvgIpc) is 2.14. The van der Waals surface area contributed by atoms with Gasteiger partial charge in [-0.2, -0.15) is 0 Å². The molecular weight excluding hydrogens is 228 g/mol. The summed E-state index contributed by atoms with van der Waals surface area (Å²) >= 11 is 0. The number of hydrogen-bond donors (Lipinski definition) is 0. The van der Waals surface area contributed by atoms with Crippen LogP contribution in [0, 0.1) is 5.92 Å². The number of ether oxygens (including phenoxy) is 2. The van der Waals surface area contributed by atoms with Crippen molar-refractivity contribution in [1.82, 2.24) is 0 Å². The highest BCUT2D eigenvalue weighted by Gasteiger charge is 2.27. The van der Waals surface area contributed by atoms with Crippen LogP contribution in [-0.2, 0) is 18.5 Å². The fourth-order valence-electron chi connectivity index (χ4n) is 1.65. The van der Waals surface area contributed by atoms with E-state index in [1.165, 1.54) is 7.11 Å². The highest BCUT2D eigenvalue weighted by atomic mass is 35.7. The third-order valence-electron chi connectivity index (χ3n) is 2.39. The van der Waals surface area contributed by atoms with Crippen LogP contribution < -0.4 is 0 Å². The minimum atomic E-state index is -3.49. The topological polar surface area (TPSA) is 52.6 Å². The minimum absolute atomic E-state index is 0.140. The van der Waals surface area contributed by atoms with Crippen molar-refractivity contribution < 1.29 is 17.9 Å². The van der Waals surface area contributed by atoms with Crippen molar-refractivity contribution in [2.24, 2.45) is 5.92 Å². The fraction of sp³-hybridized carbons (Fsp3) is 1.00. The second-order valence-electron chi connectivity index (χ2n) is 3.46. The molecule has 6 heteroatoms. The second-order valence-corrected chi connectivity index (χ2v) is 6.28. The summed E-state index contributed by atoms with van der Waals surface area (Å²) in [7, 11) is 3.19. The normalized spacial score (nSPS) is 26.0. The summed E-state index contributed by atoms with van der Waals surface area (Å²) < 4.78 is 32.2. The largest absolute Gasteiger partial charge is 0.381 e. The molecule has 84 valence electrons. The molecule has 0 bridgehead atoms. The Hall–Kier alpha value is 0.160. The Bertz CT molecular complexity index is 259. The highest BCUT2D eigenvalue weighted by molar-refractivity contribution is 8.13. The molecule has 1 fully saturated rings. The smallest absolute Gasteiger partial charge is 0.235 e. The van der Waals surface area contributed by atoms with E-state index in [0.717, 1.165) is 19.4 Å². The molecule has 2 atom stereocenters. The molecule has 1 aliphatic heterocycles. The van der Waals surface area contributed by atoms with Gasteiger partial charge in [-0.1, -0.05) is 0 Å². The first kappa shape index (κ1) is 12.2. The molecule has 1 aliphatic rings. The van der Waals surface area contributed by atoms with Gasteiger partial charge in [0.25, 0.3) is 0 Å². The molecule has 0 amide bonds. The van der Waals surface area contributed by atoms with E-state index in [0.29, 0.717) is 6.61 Å². The minimum Gasteiger partial charge on any atom is -0.381 e. The summed E-state index contributed by atoms with van der Waals surface area (Å²) in [5.41, 5.74) is 0. The molecule has 0 aliphatic carbocycles. The maximum Gasteiger partial charge on any atom is 0.235 e. The van der Waals surface area contributed by atoms with Gasteiger partial charge in [0, 0.05) is 30.3 Å². The van der Waals surface area contributed by atoms with E-state index < -0.39 is 9.05 Å². The summed E-state index contributed by atoms with van der Waals surface area (Å²) in [6.45, 7) is 1.31. The van der Waals surface area contributed by atoms with Gasteiger partial charge in [0.1, 0.15) is 0 Å². The quantitative estimate of drug-likeness (QED) is 0.690. The Labute approximate surface area is 88.9 Å². The van der Waals surface area contributed by atoms with Crippen LogP contribution in [0.3, 0.4) is 0 Å². The van der Waals surface area contributed by atoms with Crippen molar-refractivity contribution >= 4 is 19.7 Å². The van der Waals surface area contributed by atoms with Gasteiger partial charge in [-0.05, 0) is 12.8 Å². The van der Waals surface area contributed by atoms with Crippen LogP contribution >= 0.6 is 10.7 Å². The fourth-order valence-corrected chi connectivity index (χ4v) is 2.82. The average molecular weight is 243 g/mol. The Morgan fingerprint density at radius 3 is 2.79 bits per heavy atom. The van der Waals surface area contributed by atoms with Crippen molar-refractivity contribution in [3.05, 3.63) is 0 Å². The molecule has 1 saturated heterocycles. The number of methoxy groups -OCH3 is 1. The Balaban J connectivity index is 2.52. The van der Waals surface area contributed by atoms with E-state index in [4.69, 9.17) is 20.2 Å². The number of rotatable bonds is 4. The first-order valence-electron chi connectivity index (χ1n) is 4.56. The van der Waals surface area contributed by atoms with Crippen LogP contribution in [0.15, 0.2) is 0 Å². The van der Waals surface area contributed by atoms with Crippen molar-refractivity contribution in [1.29, 1.82) is 0 Å². The van der Waals surface area contributed by atoms with E-state index in [9.17, 15) is 8.42 Å². The van der Waals surface area contributed by atoms with Crippen LogP contribution in [0.5, 0.6) is 0 Å². The van der Waals surface area contributed by atoms with Gasteiger partial charge in [-0.25, -0.2) is 8.42 Å². The van der Waals surface area contributed by atoms with E-state index in [2.05, 4.69) is 0 Å². The number of hydrogen-bond acceptors (Lipinski definition) is 4. The molecule has 1 rings (SSSR count). The lowest BCUT2D eigenvalue weighted by atomic mass is 9.97. The lowest BCUT2D eigenvalue weighted by Crippen LogP contribution is -2.34. The lowest BCUT2D eigenvalue weighted by molar-refractivity contribution is -0.0187. The van der Waals surface area contributed by atoms with Crippen molar-refractivity contribution in [3.63, 3.8) is 0 Å². The summed E-state index contributed by atoms with van der Waals surface area (Å²) in [5, 5.41) is 0. The zero-order valence-electron chi connectivity index (χ0n) is 8.11. The van der Waals surface area contributed by atoms with Gasteiger partial charge in [0.15, 0.2) is 0 Å². The van der Waals surface area contributed by atoms with Crippen LogP contribution in [0.4, 0.5) is 0 Å². The van der Waals surface area contributed by atoms with E-state index >= 15 is 0 Å². The monoisotopic (exact) mass is 242 g/mol. The molecule has 0 aromatic heterocycles. The third kappa shape index (κ3) is 4.13. The maximum absolute atomic E-state index is 10.9. The van der Waals surface area contributed by atoms with Gasteiger partial charge in [0.2, 0.25) is 9.05 Å². The Morgan fingerprint density at radius 2 is 2.36 bits per heavy atom. The molecular formula is C8H15ClO4S. The maximum atomic E-state index is 10.9. The van der Waals surface area contributed by atoms with E-state index in [1.807, 2.05) is 0 Å². The van der Waals surface area contributed by atoms with E-state index in [-0.39, 0.29) is 17.8 Å².